The lowest BCUT2D eigenvalue weighted by atomic mass is 9.81. The summed E-state index contributed by atoms with van der Waals surface area (Å²) < 4.78 is 4.82. The van der Waals surface area contributed by atoms with Gasteiger partial charge in [0, 0.05) is 6.54 Å². The second kappa shape index (κ2) is 8.18. The molecule has 0 amide bonds. The van der Waals surface area contributed by atoms with Crippen LogP contribution in [0.15, 0.2) is 24.3 Å². The number of hydrogen-bond acceptors (Lipinski definition) is 3. The normalized spacial score (nSPS) is 22.0. The summed E-state index contributed by atoms with van der Waals surface area (Å²) in [4.78, 5) is 11.7. The number of carbonyl (C=O) groups excluding carboxylic acids is 1. The number of hydrogen-bond donors (Lipinski definition) is 1. The van der Waals surface area contributed by atoms with Gasteiger partial charge in [0.05, 0.1) is 12.7 Å². The second-order valence-corrected chi connectivity index (χ2v) is 6.24. The largest absolute Gasteiger partial charge is 0.465 e. The van der Waals surface area contributed by atoms with Crippen LogP contribution in [0.5, 0.6) is 0 Å². The molecule has 0 bridgehead atoms. The number of carbonyl (C=O) groups is 1. The standard InChI is InChI=1S/C18H27NO2/c1-14-7-9-15(10-8-14)11-12-19-13-16-5-3-4-6-17(16)18(20)21-2/h3-6,14-15,19H,7-13H2,1-2H3. The van der Waals surface area contributed by atoms with Crippen LogP contribution in [0.1, 0.15) is 54.9 Å². The van der Waals surface area contributed by atoms with Gasteiger partial charge in [-0.3, -0.25) is 0 Å². The van der Waals surface area contributed by atoms with E-state index in [9.17, 15) is 4.79 Å². The maximum Gasteiger partial charge on any atom is 0.338 e. The van der Waals surface area contributed by atoms with E-state index in [4.69, 9.17) is 4.74 Å². The van der Waals surface area contributed by atoms with Gasteiger partial charge in [-0.2, -0.15) is 0 Å². The van der Waals surface area contributed by atoms with E-state index in [1.807, 2.05) is 24.3 Å². The van der Waals surface area contributed by atoms with Crippen LogP contribution in [-0.4, -0.2) is 19.6 Å². The van der Waals surface area contributed by atoms with Crippen molar-refractivity contribution in [1.29, 1.82) is 0 Å². The van der Waals surface area contributed by atoms with Gasteiger partial charge in [0.1, 0.15) is 0 Å². The van der Waals surface area contributed by atoms with Crippen LogP contribution >= 0.6 is 0 Å². The Bertz CT molecular complexity index is 450. The van der Waals surface area contributed by atoms with Gasteiger partial charge in [0.25, 0.3) is 0 Å². The van der Waals surface area contributed by atoms with Gasteiger partial charge in [0.2, 0.25) is 0 Å². The van der Waals surface area contributed by atoms with Gasteiger partial charge in [-0.15, -0.1) is 0 Å². The van der Waals surface area contributed by atoms with Crippen molar-refractivity contribution in [3.63, 3.8) is 0 Å². The van der Waals surface area contributed by atoms with E-state index in [0.717, 1.165) is 30.5 Å². The molecule has 3 heteroatoms. The molecule has 0 radical (unpaired) electrons. The van der Waals surface area contributed by atoms with E-state index in [1.165, 1.54) is 39.2 Å². The first-order chi connectivity index (χ1) is 10.2. The molecule has 0 heterocycles. The van der Waals surface area contributed by atoms with Crippen molar-refractivity contribution in [1.82, 2.24) is 5.32 Å². The minimum Gasteiger partial charge on any atom is -0.465 e. The number of nitrogens with one attached hydrogen (secondary N) is 1. The summed E-state index contributed by atoms with van der Waals surface area (Å²) in [6.07, 6.45) is 6.77. The molecule has 1 aliphatic carbocycles. The first-order valence-electron chi connectivity index (χ1n) is 8.07. The number of esters is 1. The molecule has 0 aromatic heterocycles. The molecule has 1 aliphatic rings. The van der Waals surface area contributed by atoms with Gasteiger partial charge >= 0.3 is 5.97 Å². The Morgan fingerprint density at radius 3 is 2.67 bits per heavy atom. The summed E-state index contributed by atoms with van der Waals surface area (Å²) >= 11 is 0. The first kappa shape index (κ1) is 16.0. The van der Waals surface area contributed by atoms with Crippen LogP contribution in [0.2, 0.25) is 0 Å². The van der Waals surface area contributed by atoms with E-state index in [0.29, 0.717) is 5.56 Å². The molecule has 0 unspecified atom stereocenters. The highest BCUT2D eigenvalue weighted by Gasteiger charge is 2.17. The molecule has 3 nitrogen and oxygen atoms in total. The molecule has 0 aliphatic heterocycles. The Balaban J connectivity index is 1.75. The number of methoxy groups -OCH3 is 1. The molecular weight excluding hydrogens is 262 g/mol. The van der Waals surface area contributed by atoms with Crippen LogP contribution in [0, 0.1) is 11.8 Å². The van der Waals surface area contributed by atoms with Gasteiger partial charge in [0.15, 0.2) is 0 Å². The van der Waals surface area contributed by atoms with E-state index in [-0.39, 0.29) is 5.97 Å². The molecule has 0 atom stereocenters. The smallest absolute Gasteiger partial charge is 0.338 e. The topological polar surface area (TPSA) is 38.3 Å². The average Bonchev–Trinajstić information content (AvgIpc) is 2.53. The van der Waals surface area contributed by atoms with E-state index in [2.05, 4.69) is 12.2 Å². The molecule has 1 aromatic carbocycles. The zero-order valence-electron chi connectivity index (χ0n) is 13.2. The molecule has 0 saturated heterocycles. The minimum atomic E-state index is -0.256. The molecule has 2 rings (SSSR count). The third kappa shape index (κ3) is 4.85. The Kier molecular flexibility index (Phi) is 6.24. The predicted octanol–water partition coefficient (Wildman–Crippen LogP) is 3.78. The first-order valence-corrected chi connectivity index (χ1v) is 8.07. The zero-order chi connectivity index (χ0) is 15.1. The summed E-state index contributed by atoms with van der Waals surface area (Å²) in [6, 6.07) is 7.65. The molecule has 116 valence electrons. The molecule has 21 heavy (non-hydrogen) atoms. The maximum atomic E-state index is 11.7. The lowest BCUT2D eigenvalue weighted by molar-refractivity contribution is 0.0599. The quantitative estimate of drug-likeness (QED) is 0.640. The van der Waals surface area contributed by atoms with E-state index < -0.39 is 0 Å². The van der Waals surface area contributed by atoms with Crippen molar-refractivity contribution in [2.75, 3.05) is 13.7 Å². The second-order valence-electron chi connectivity index (χ2n) is 6.24. The minimum absolute atomic E-state index is 0.256. The Labute approximate surface area is 128 Å². The SMILES string of the molecule is COC(=O)c1ccccc1CNCCC1CCC(C)CC1. The molecule has 1 fully saturated rings. The Morgan fingerprint density at radius 1 is 1.24 bits per heavy atom. The predicted molar refractivity (Wildman–Crippen MR) is 85.2 cm³/mol. The van der Waals surface area contributed by atoms with Crippen molar-refractivity contribution in [2.24, 2.45) is 11.8 Å². The van der Waals surface area contributed by atoms with Crippen LogP contribution < -0.4 is 5.32 Å². The van der Waals surface area contributed by atoms with Crippen molar-refractivity contribution >= 4 is 5.97 Å². The van der Waals surface area contributed by atoms with E-state index >= 15 is 0 Å². The van der Waals surface area contributed by atoms with Crippen molar-refractivity contribution in [3.8, 4) is 0 Å². The van der Waals surface area contributed by atoms with Gasteiger partial charge in [-0.05, 0) is 36.4 Å². The third-order valence-corrected chi connectivity index (χ3v) is 4.60. The lowest BCUT2D eigenvalue weighted by Crippen LogP contribution is -2.21. The van der Waals surface area contributed by atoms with Gasteiger partial charge in [-0.25, -0.2) is 4.79 Å². The summed E-state index contributed by atoms with van der Waals surface area (Å²) in [5, 5.41) is 3.47. The molecule has 0 spiro atoms. The van der Waals surface area contributed by atoms with Crippen LogP contribution in [-0.2, 0) is 11.3 Å². The summed E-state index contributed by atoms with van der Waals surface area (Å²) in [5.41, 5.74) is 1.68. The van der Waals surface area contributed by atoms with Crippen LogP contribution in [0.25, 0.3) is 0 Å². The lowest BCUT2D eigenvalue weighted by Gasteiger charge is -2.26. The molecule has 1 N–H and O–H groups in total. The molecule has 1 saturated carbocycles. The Hall–Kier alpha value is -1.35. The van der Waals surface area contributed by atoms with Crippen molar-refractivity contribution < 1.29 is 9.53 Å². The monoisotopic (exact) mass is 289 g/mol. The Morgan fingerprint density at radius 2 is 1.95 bits per heavy atom. The highest BCUT2D eigenvalue weighted by molar-refractivity contribution is 5.90. The van der Waals surface area contributed by atoms with Crippen molar-refractivity contribution in [3.05, 3.63) is 35.4 Å². The fourth-order valence-corrected chi connectivity index (χ4v) is 3.13. The highest BCUT2D eigenvalue weighted by Crippen LogP contribution is 2.29. The van der Waals surface area contributed by atoms with Gasteiger partial charge in [-0.1, -0.05) is 50.8 Å². The average molecular weight is 289 g/mol. The summed E-state index contributed by atoms with van der Waals surface area (Å²) in [6.45, 7) is 4.11. The molecule has 1 aromatic rings. The fourth-order valence-electron chi connectivity index (χ4n) is 3.13. The number of rotatable bonds is 6. The fraction of sp³-hybridized carbons (Fsp3) is 0.611. The number of benzene rings is 1. The zero-order valence-corrected chi connectivity index (χ0v) is 13.2. The summed E-state index contributed by atoms with van der Waals surface area (Å²) in [7, 11) is 1.43. The van der Waals surface area contributed by atoms with E-state index in [1.54, 1.807) is 0 Å². The van der Waals surface area contributed by atoms with Gasteiger partial charge < -0.3 is 10.1 Å². The maximum absolute atomic E-state index is 11.7. The third-order valence-electron chi connectivity index (χ3n) is 4.60. The summed E-state index contributed by atoms with van der Waals surface area (Å²) in [5.74, 6) is 1.54. The highest BCUT2D eigenvalue weighted by atomic mass is 16.5. The van der Waals surface area contributed by atoms with Crippen LogP contribution in [0.4, 0.5) is 0 Å². The van der Waals surface area contributed by atoms with Crippen molar-refractivity contribution in [2.45, 2.75) is 45.6 Å². The van der Waals surface area contributed by atoms with Crippen LogP contribution in [0.3, 0.4) is 0 Å². The number of ether oxygens (including phenoxy) is 1. The molecular formula is C18H27NO2.